The van der Waals surface area contributed by atoms with E-state index in [2.05, 4.69) is 18.2 Å². The van der Waals surface area contributed by atoms with Gasteiger partial charge in [0.05, 0.1) is 6.42 Å². The molecule has 2 aromatic rings. The van der Waals surface area contributed by atoms with Gasteiger partial charge in [-0.15, -0.1) is 0 Å². The van der Waals surface area contributed by atoms with E-state index in [4.69, 9.17) is 9.47 Å². The van der Waals surface area contributed by atoms with Crippen molar-refractivity contribution in [3.8, 4) is 0 Å². The highest BCUT2D eigenvalue weighted by atomic mass is 16.6. The number of fused-ring (bicyclic) bond motifs is 1. The van der Waals surface area contributed by atoms with Gasteiger partial charge in [-0.05, 0) is 36.2 Å². The molecule has 0 amide bonds. The molecule has 4 heteroatoms. The highest BCUT2D eigenvalue weighted by Crippen LogP contribution is 2.26. The van der Waals surface area contributed by atoms with E-state index in [9.17, 15) is 9.59 Å². The van der Waals surface area contributed by atoms with Crippen molar-refractivity contribution < 1.29 is 19.1 Å². The zero-order valence-electron chi connectivity index (χ0n) is 15.0. The van der Waals surface area contributed by atoms with Crippen molar-refractivity contribution in [1.29, 1.82) is 0 Å². The van der Waals surface area contributed by atoms with E-state index < -0.39 is 5.97 Å². The molecule has 0 saturated carbocycles. The zero-order chi connectivity index (χ0) is 18.2. The summed E-state index contributed by atoms with van der Waals surface area (Å²) in [6.45, 7) is 5.39. The monoisotopic (exact) mass is 340 g/mol. The molecule has 0 N–H and O–H groups in total. The Morgan fingerprint density at radius 2 is 1.76 bits per heavy atom. The molecular formula is C21H24O4. The number of carbonyl (C=O) groups is 2. The van der Waals surface area contributed by atoms with Crippen LogP contribution in [0.25, 0.3) is 10.8 Å². The molecule has 4 nitrogen and oxygen atoms in total. The van der Waals surface area contributed by atoms with Crippen LogP contribution in [0.2, 0.25) is 0 Å². The summed E-state index contributed by atoms with van der Waals surface area (Å²) in [6, 6.07) is 14.2. The summed E-state index contributed by atoms with van der Waals surface area (Å²) in [6.07, 6.45) is 2.36. The number of esters is 2. The Balaban J connectivity index is 2.14. The molecule has 1 atom stereocenters. The second-order valence-electron chi connectivity index (χ2n) is 6.19. The third kappa shape index (κ3) is 6.07. The van der Waals surface area contributed by atoms with Gasteiger partial charge < -0.3 is 9.47 Å². The number of benzene rings is 2. The van der Waals surface area contributed by atoms with E-state index in [0.29, 0.717) is 6.42 Å². The lowest BCUT2D eigenvalue weighted by molar-refractivity contribution is -0.152. The molecule has 0 saturated heterocycles. The van der Waals surface area contributed by atoms with E-state index >= 15 is 0 Å². The SMILES string of the molecule is CC(=O)OCCC(=O)OC(CC=C(C)C)c1ccc2ccccc2c1. The molecule has 1 unspecified atom stereocenters. The smallest absolute Gasteiger partial charge is 0.309 e. The second-order valence-corrected chi connectivity index (χ2v) is 6.19. The molecule has 0 aliphatic carbocycles. The number of rotatable bonds is 7. The molecule has 2 rings (SSSR count). The zero-order valence-corrected chi connectivity index (χ0v) is 15.0. The standard InChI is InChI=1S/C21H24O4/c1-15(2)8-11-20(25-21(23)12-13-24-16(3)22)19-10-9-17-6-4-5-7-18(17)14-19/h4-10,14,20H,11-13H2,1-3H3. The minimum atomic E-state index is -0.400. The summed E-state index contributed by atoms with van der Waals surface area (Å²) in [5.74, 6) is -0.773. The summed E-state index contributed by atoms with van der Waals surface area (Å²) in [5.41, 5.74) is 2.12. The fraction of sp³-hybridized carbons (Fsp3) is 0.333. The van der Waals surface area contributed by atoms with Gasteiger partial charge in [-0.25, -0.2) is 0 Å². The largest absolute Gasteiger partial charge is 0.465 e. The highest BCUT2D eigenvalue weighted by Gasteiger charge is 2.16. The maximum atomic E-state index is 12.1. The molecule has 0 aliphatic heterocycles. The van der Waals surface area contributed by atoms with E-state index in [0.717, 1.165) is 16.3 Å². The maximum absolute atomic E-state index is 12.1. The number of carbonyl (C=O) groups excluding carboxylic acids is 2. The van der Waals surface area contributed by atoms with Crippen molar-refractivity contribution in [1.82, 2.24) is 0 Å². The maximum Gasteiger partial charge on any atom is 0.309 e. The van der Waals surface area contributed by atoms with Crippen molar-refractivity contribution >= 4 is 22.7 Å². The topological polar surface area (TPSA) is 52.6 Å². The van der Waals surface area contributed by atoms with E-state index in [-0.39, 0.29) is 25.1 Å². The fourth-order valence-corrected chi connectivity index (χ4v) is 2.50. The third-order valence-corrected chi connectivity index (χ3v) is 3.77. The summed E-state index contributed by atoms with van der Waals surface area (Å²) in [5, 5.41) is 2.26. The Kier molecular flexibility index (Phi) is 6.75. The summed E-state index contributed by atoms with van der Waals surface area (Å²) in [7, 11) is 0. The van der Waals surface area contributed by atoms with Crippen molar-refractivity contribution in [2.24, 2.45) is 0 Å². The molecule has 132 valence electrons. The first kappa shape index (κ1) is 18.7. The lowest BCUT2D eigenvalue weighted by atomic mass is 10.0. The summed E-state index contributed by atoms with van der Waals surface area (Å²) in [4.78, 5) is 22.9. The third-order valence-electron chi connectivity index (χ3n) is 3.77. The van der Waals surface area contributed by atoms with Gasteiger partial charge in [-0.3, -0.25) is 9.59 Å². The number of ether oxygens (including phenoxy) is 2. The molecule has 25 heavy (non-hydrogen) atoms. The Morgan fingerprint density at radius 3 is 2.44 bits per heavy atom. The Morgan fingerprint density at radius 1 is 1.04 bits per heavy atom. The minimum Gasteiger partial charge on any atom is -0.465 e. The van der Waals surface area contributed by atoms with Crippen molar-refractivity contribution in [2.45, 2.75) is 39.7 Å². The fourth-order valence-electron chi connectivity index (χ4n) is 2.50. The van der Waals surface area contributed by atoms with Crippen LogP contribution >= 0.6 is 0 Å². The quantitative estimate of drug-likeness (QED) is 0.540. The normalized spacial score (nSPS) is 11.6. The highest BCUT2D eigenvalue weighted by molar-refractivity contribution is 5.83. The van der Waals surface area contributed by atoms with Gasteiger partial charge in [0.15, 0.2) is 0 Å². The van der Waals surface area contributed by atoms with Gasteiger partial charge in [-0.2, -0.15) is 0 Å². The van der Waals surface area contributed by atoms with Crippen LogP contribution in [0.3, 0.4) is 0 Å². The summed E-state index contributed by atoms with van der Waals surface area (Å²) < 4.78 is 10.4. The van der Waals surface area contributed by atoms with Crippen molar-refractivity contribution in [2.75, 3.05) is 6.61 Å². The Bertz CT molecular complexity index is 772. The first-order chi connectivity index (χ1) is 12.0. The van der Waals surface area contributed by atoms with Crippen LogP contribution in [0.4, 0.5) is 0 Å². The van der Waals surface area contributed by atoms with Crippen LogP contribution in [-0.4, -0.2) is 18.5 Å². The van der Waals surface area contributed by atoms with Gasteiger partial charge in [0.25, 0.3) is 0 Å². The number of hydrogen-bond donors (Lipinski definition) is 0. The molecule has 0 fully saturated rings. The lowest BCUT2D eigenvalue weighted by Gasteiger charge is -2.18. The first-order valence-corrected chi connectivity index (χ1v) is 8.40. The first-order valence-electron chi connectivity index (χ1n) is 8.40. The van der Waals surface area contributed by atoms with Crippen LogP contribution < -0.4 is 0 Å². The average molecular weight is 340 g/mol. The molecule has 0 aromatic heterocycles. The predicted molar refractivity (Wildman–Crippen MR) is 98.1 cm³/mol. The van der Waals surface area contributed by atoms with Crippen LogP contribution in [0.5, 0.6) is 0 Å². The lowest BCUT2D eigenvalue weighted by Crippen LogP contribution is -2.14. The Labute approximate surface area is 148 Å². The van der Waals surface area contributed by atoms with Gasteiger partial charge in [0.1, 0.15) is 12.7 Å². The molecule has 0 aliphatic rings. The second kappa shape index (κ2) is 9.02. The van der Waals surface area contributed by atoms with Crippen LogP contribution in [0, 0.1) is 0 Å². The summed E-state index contributed by atoms with van der Waals surface area (Å²) >= 11 is 0. The van der Waals surface area contributed by atoms with Crippen LogP contribution in [0.1, 0.15) is 45.3 Å². The predicted octanol–water partition coefficient (Wildman–Crippen LogP) is 4.73. The molecule has 0 spiro atoms. The van der Waals surface area contributed by atoms with Gasteiger partial charge in [0.2, 0.25) is 0 Å². The van der Waals surface area contributed by atoms with Gasteiger partial charge in [0, 0.05) is 13.3 Å². The van der Waals surface area contributed by atoms with E-state index in [1.165, 1.54) is 12.5 Å². The average Bonchev–Trinajstić information content (AvgIpc) is 2.57. The van der Waals surface area contributed by atoms with E-state index in [1.54, 1.807) is 0 Å². The van der Waals surface area contributed by atoms with E-state index in [1.807, 2.05) is 44.2 Å². The molecular weight excluding hydrogens is 316 g/mol. The molecule has 0 bridgehead atoms. The van der Waals surface area contributed by atoms with Crippen molar-refractivity contribution in [3.63, 3.8) is 0 Å². The van der Waals surface area contributed by atoms with Gasteiger partial charge in [-0.1, -0.05) is 48.0 Å². The number of hydrogen-bond acceptors (Lipinski definition) is 4. The number of allylic oxidation sites excluding steroid dienone is 1. The van der Waals surface area contributed by atoms with Gasteiger partial charge >= 0.3 is 11.9 Å². The van der Waals surface area contributed by atoms with Crippen molar-refractivity contribution in [3.05, 3.63) is 59.7 Å². The van der Waals surface area contributed by atoms with Crippen LogP contribution in [0.15, 0.2) is 54.1 Å². The molecule has 0 radical (unpaired) electrons. The Hall–Kier alpha value is -2.62. The van der Waals surface area contributed by atoms with Crippen LogP contribution in [-0.2, 0) is 19.1 Å². The molecule has 2 aromatic carbocycles. The minimum absolute atomic E-state index is 0.0429. The molecule has 0 heterocycles.